The molecule has 0 aliphatic rings. The molecule has 62 valence electrons. The molecule has 1 N–H and O–H groups in total. The van der Waals surface area contributed by atoms with E-state index in [1.54, 1.807) is 6.07 Å². The maximum Gasteiger partial charge on any atom is 0.138 e. The maximum absolute atomic E-state index is 12.6. The van der Waals surface area contributed by atoms with Gasteiger partial charge in [0.1, 0.15) is 11.6 Å². The van der Waals surface area contributed by atoms with Crippen LogP contribution >= 0.6 is 11.6 Å². The molecule has 12 heavy (non-hydrogen) atoms. The van der Waals surface area contributed by atoms with Gasteiger partial charge in [0.25, 0.3) is 0 Å². The van der Waals surface area contributed by atoms with Gasteiger partial charge in [-0.3, -0.25) is 0 Å². The van der Waals surface area contributed by atoms with Crippen LogP contribution in [0.1, 0.15) is 5.56 Å². The monoisotopic (exact) mass is 185 g/mol. The number of rotatable bonds is 1. The Balaban J connectivity index is 3.20. The van der Waals surface area contributed by atoms with Gasteiger partial charge in [0.05, 0.1) is 17.5 Å². The summed E-state index contributed by atoms with van der Waals surface area (Å²) in [6.45, 7) is 0. The first-order chi connectivity index (χ1) is 5.65. The van der Waals surface area contributed by atoms with Crippen LogP contribution in [0.5, 0.6) is 5.75 Å². The van der Waals surface area contributed by atoms with Gasteiger partial charge in [-0.1, -0.05) is 11.6 Å². The van der Waals surface area contributed by atoms with Gasteiger partial charge in [0.2, 0.25) is 0 Å². The number of halogens is 2. The number of nitrogens with zero attached hydrogens (tertiary/aromatic N) is 1. The summed E-state index contributed by atoms with van der Waals surface area (Å²) in [5.74, 6) is -0.775. The smallest absolute Gasteiger partial charge is 0.138 e. The first kappa shape index (κ1) is 8.82. The molecule has 4 heteroatoms. The molecule has 1 rings (SSSR count). The zero-order valence-electron chi connectivity index (χ0n) is 6.01. The predicted octanol–water partition coefficient (Wildman–Crippen LogP) is 2.25. The second-order valence-corrected chi connectivity index (χ2v) is 2.64. The SMILES string of the molecule is N#CCc1cc(F)cc(Cl)c1O. The molecule has 1 aromatic carbocycles. The molecule has 0 unspecified atom stereocenters. The molecule has 0 aromatic heterocycles. The Hall–Kier alpha value is -1.27. The molecule has 0 saturated carbocycles. The largest absolute Gasteiger partial charge is 0.506 e. The van der Waals surface area contributed by atoms with E-state index in [0.717, 1.165) is 12.1 Å². The van der Waals surface area contributed by atoms with Crippen LogP contribution in [0.3, 0.4) is 0 Å². The molecule has 0 spiro atoms. The van der Waals surface area contributed by atoms with E-state index in [-0.39, 0.29) is 22.8 Å². The number of nitriles is 1. The summed E-state index contributed by atoms with van der Waals surface area (Å²) in [6.07, 6.45) is -0.0523. The highest BCUT2D eigenvalue weighted by Crippen LogP contribution is 2.28. The Kier molecular flexibility index (Phi) is 2.51. The van der Waals surface area contributed by atoms with Gasteiger partial charge in [-0.05, 0) is 12.1 Å². The van der Waals surface area contributed by atoms with E-state index in [0.29, 0.717) is 0 Å². The van der Waals surface area contributed by atoms with E-state index >= 15 is 0 Å². The summed E-state index contributed by atoms with van der Waals surface area (Å²) >= 11 is 5.46. The van der Waals surface area contributed by atoms with Crippen molar-refractivity contribution in [3.05, 3.63) is 28.5 Å². The Morgan fingerprint density at radius 2 is 2.25 bits per heavy atom. The van der Waals surface area contributed by atoms with Crippen molar-refractivity contribution in [3.63, 3.8) is 0 Å². The number of hydrogen-bond acceptors (Lipinski definition) is 2. The molecule has 0 radical (unpaired) electrons. The number of hydrogen-bond donors (Lipinski definition) is 1. The van der Waals surface area contributed by atoms with E-state index < -0.39 is 5.82 Å². The van der Waals surface area contributed by atoms with Crippen LogP contribution in [0.25, 0.3) is 0 Å². The van der Waals surface area contributed by atoms with E-state index in [9.17, 15) is 9.50 Å². The van der Waals surface area contributed by atoms with Crippen molar-refractivity contribution in [2.24, 2.45) is 0 Å². The molecule has 0 fully saturated rings. The lowest BCUT2D eigenvalue weighted by Gasteiger charge is -2.01. The Bertz CT molecular complexity index is 346. The van der Waals surface area contributed by atoms with Crippen molar-refractivity contribution < 1.29 is 9.50 Å². The standard InChI is InChI=1S/C8H5ClFNO/c9-7-4-6(10)3-5(1-2-11)8(7)12/h3-4,12H,1H2. The van der Waals surface area contributed by atoms with Gasteiger partial charge in [-0.15, -0.1) is 0 Å². The number of phenols is 1. The van der Waals surface area contributed by atoms with Gasteiger partial charge < -0.3 is 5.11 Å². The summed E-state index contributed by atoms with van der Waals surface area (Å²) in [5, 5.41) is 17.4. The Morgan fingerprint density at radius 1 is 1.58 bits per heavy atom. The van der Waals surface area contributed by atoms with Crippen LogP contribution in [0.2, 0.25) is 5.02 Å². The van der Waals surface area contributed by atoms with Gasteiger partial charge in [0, 0.05) is 5.56 Å². The summed E-state index contributed by atoms with van der Waals surface area (Å²) in [7, 11) is 0. The fourth-order valence-electron chi connectivity index (χ4n) is 0.839. The van der Waals surface area contributed by atoms with E-state index in [2.05, 4.69) is 0 Å². The average molecular weight is 186 g/mol. The topological polar surface area (TPSA) is 44.0 Å². The molecule has 0 saturated heterocycles. The second-order valence-electron chi connectivity index (χ2n) is 2.23. The highest BCUT2D eigenvalue weighted by Gasteiger charge is 2.07. The van der Waals surface area contributed by atoms with Crippen molar-refractivity contribution in [1.82, 2.24) is 0 Å². The summed E-state index contributed by atoms with van der Waals surface area (Å²) in [6, 6.07) is 3.88. The van der Waals surface area contributed by atoms with Crippen LogP contribution in [-0.2, 0) is 6.42 Å². The van der Waals surface area contributed by atoms with Gasteiger partial charge in [-0.25, -0.2) is 4.39 Å². The highest BCUT2D eigenvalue weighted by molar-refractivity contribution is 6.32. The third-order valence-corrected chi connectivity index (χ3v) is 1.66. The Labute approximate surface area is 73.8 Å². The second kappa shape index (κ2) is 3.42. The molecule has 0 heterocycles. The molecule has 0 atom stereocenters. The average Bonchev–Trinajstić information content (AvgIpc) is 2.00. The summed E-state index contributed by atoms with van der Waals surface area (Å²) in [5.41, 5.74) is 0.211. The number of benzene rings is 1. The minimum absolute atomic E-state index is 0.0523. The third kappa shape index (κ3) is 1.66. The highest BCUT2D eigenvalue weighted by atomic mass is 35.5. The lowest BCUT2D eigenvalue weighted by Crippen LogP contribution is -1.86. The molecule has 0 aliphatic heterocycles. The molecule has 0 bridgehead atoms. The summed E-state index contributed by atoms with van der Waals surface area (Å²) < 4.78 is 12.6. The molecular formula is C8H5ClFNO. The maximum atomic E-state index is 12.6. The van der Waals surface area contributed by atoms with Crippen molar-refractivity contribution in [1.29, 1.82) is 5.26 Å². The molecule has 1 aromatic rings. The zero-order valence-corrected chi connectivity index (χ0v) is 6.77. The fourth-order valence-corrected chi connectivity index (χ4v) is 1.06. The normalized spacial score (nSPS) is 9.42. The zero-order chi connectivity index (χ0) is 9.14. The summed E-state index contributed by atoms with van der Waals surface area (Å²) in [4.78, 5) is 0. The Morgan fingerprint density at radius 3 is 2.83 bits per heavy atom. The van der Waals surface area contributed by atoms with Crippen LogP contribution in [0.4, 0.5) is 4.39 Å². The first-order valence-electron chi connectivity index (χ1n) is 3.19. The van der Waals surface area contributed by atoms with E-state index in [4.69, 9.17) is 16.9 Å². The van der Waals surface area contributed by atoms with Crippen LogP contribution < -0.4 is 0 Å². The van der Waals surface area contributed by atoms with Gasteiger partial charge >= 0.3 is 0 Å². The minimum Gasteiger partial charge on any atom is -0.506 e. The predicted molar refractivity (Wildman–Crippen MR) is 42.4 cm³/mol. The quantitative estimate of drug-likeness (QED) is 0.729. The van der Waals surface area contributed by atoms with E-state index in [1.807, 2.05) is 0 Å². The first-order valence-corrected chi connectivity index (χ1v) is 3.56. The van der Waals surface area contributed by atoms with Gasteiger partial charge in [0.15, 0.2) is 0 Å². The molecule has 0 aliphatic carbocycles. The lowest BCUT2D eigenvalue weighted by atomic mass is 10.1. The lowest BCUT2D eigenvalue weighted by molar-refractivity contribution is 0.467. The molecule has 0 amide bonds. The minimum atomic E-state index is -0.553. The molecule has 2 nitrogen and oxygen atoms in total. The van der Waals surface area contributed by atoms with Gasteiger partial charge in [-0.2, -0.15) is 5.26 Å². The van der Waals surface area contributed by atoms with Crippen molar-refractivity contribution >= 4 is 11.6 Å². The van der Waals surface area contributed by atoms with Crippen molar-refractivity contribution in [2.45, 2.75) is 6.42 Å². The number of phenolic OH excluding ortho intramolecular Hbond substituents is 1. The van der Waals surface area contributed by atoms with Crippen LogP contribution in [-0.4, -0.2) is 5.11 Å². The van der Waals surface area contributed by atoms with Crippen molar-refractivity contribution in [2.75, 3.05) is 0 Å². The third-order valence-electron chi connectivity index (χ3n) is 1.38. The number of aromatic hydroxyl groups is 1. The van der Waals surface area contributed by atoms with Crippen LogP contribution in [0.15, 0.2) is 12.1 Å². The van der Waals surface area contributed by atoms with E-state index in [1.165, 1.54) is 0 Å². The van der Waals surface area contributed by atoms with Crippen molar-refractivity contribution in [3.8, 4) is 11.8 Å². The van der Waals surface area contributed by atoms with Crippen LogP contribution in [0, 0.1) is 17.1 Å². The fraction of sp³-hybridized carbons (Fsp3) is 0.125. The molecular weight excluding hydrogens is 181 g/mol.